The molecule has 0 saturated heterocycles. The second-order valence-electron chi connectivity index (χ2n) is 7.18. The fraction of sp³-hybridized carbons (Fsp3) is 0.500. The van der Waals surface area contributed by atoms with Crippen molar-refractivity contribution in [1.82, 2.24) is 20.4 Å². The number of amides is 1. The molecule has 1 amide bonds. The molecule has 2 aromatic rings. The normalized spacial score (nSPS) is 18.7. The van der Waals surface area contributed by atoms with Gasteiger partial charge in [-0.3, -0.25) is 9.48 Å². The zero-order valence-electron chi connectivity index (χ0n) is 14.6. The summed E-state index contributed by atoms with van der Waals surface area (Å²) in [5, 5.41) is 11.1. The number of benzene rings is 1. The van der Waals surface area contributed by atoms with Crippen LogP contribution in [0.2, 0.25) is 0 Å². The van der Waals surface area contributed by atoms with Crippen molar-refractivity contribution in [2.75, 3.05) is 6.54 Å². The molecule has 0 unspecified atom stereocenters. The number of carbonyl (C=O) groups excluding carboxylic acids is 1. The van der Waals surface area contributed by atoms with Crippen LogP contribution in [-0.4, -0.2) is 22.2 Å². The number of nitrogens with zero attached hydrogens (tertiary/aromatic N) is 2. The van der Waals surface area contributed by atoms with Gasteiger partial charge in [0, 0.05) is 13.1 Å². The van der Waals surface area contributed by atoms with Crippen molar-refractivity contribution in [2.45, 2.75) is 51.2 Å². The molecule has 0 spiro atoms. The van der Waals surface area contributed by atoms with Gasteiger partial charge in [0.25, 0.3) is 0 Å². The smallest absolute Gasteiger partial charge is 0.228 e. The first-order valence-corrected chi connectivity index (χ1v) is 9.40. The van der Waals surface area contributed by atoms with Crippen molar-refractivity contribution in [1.29, 1.82) is 0 Å². The Morgan fingerprint density at radius 1 is 1.28 bits per heavy atom. The van der Waals surface area contributed by atoms with E-state index in [0.717, 1.165) is 43.7 Å². The number of nitrogens with one attached hydrogen (secondary N) is 2. The molecule has 0 radical (unpaired) electrons. The molecule has 1 aromatic carbocycles. The fourth-order valence-electron chi connectivity index (χ4n) is 4.22. The predicted molar refractivity (Wildman–Crippen MR) is 96.9 cm³/mol. The summed E-state index contributed by atoms with van der Waals surface area (Å²) in [6, 6.07) is 12.3. The molecule has 5 heteroatoms. The van der Waals surface area contributed by atoms with Crippen LogP contribution in [0.5, 0.6) is 0 Å². The topological polar surface area (TPSA) is 59.0 Å². The molecule has 1 aromatic heterocycles. The van der Waals surface area contributed by atoms with Gasteiger partial charge in [0.2, 0.25) is 5.91 Å². The maximum absolute atomic E-state index is 13.0. The standard InChI is InChI=1S/C20H26N4O/c25-20(22-13-17-12-18-14-21-10-11-24(18)23-17)19(16-8-4-5-9-16)15-6-2-1-3-7-15/h1-3,6-7,12,16,19,21H,4-5,8-11,13-14H2,(H,22,25)/t19-/m1/s1. The Bertz CT molecular complexity index is 695. The number of rotatable bonds is 5. The quantitative estimate of drug-likeness (QED) is 0.881. The maximum Gasteiger partial charge on any atom is 0.228 e. The molecule has 132 valence electrons. The molecular weight excluding hydrogens is 312 g/mol. The second kappa shape index (κ2) is 7.40. The number of aromatic nitrogens is 2. The average molecular weight is 338 g/mol. The average Bonchev–Trinajstić information content (AvgIpc) is 3.30. The van der Waals surface area contributed by atoms with E-state index < -0.39 is 0 Å². The largest absolute Gasteiger partial charge is 0.350 e. The highest BCUT2D eigenvalue weighted by molar-refractivity contribution is 5.84. The molecule has 1 fully saturated rings. The highest BCUT2D eigenvalue weighted by atomic mass is 16.1. The van der Waals surface area contributed by atoms with Crippen molar-refractivity contribution in [2.24, 2.45) is 5.92 Å². The van der Waals surface area contributed by atoms with E-state index >= 15 is 0 Å². The molecule has 1 atom stereocenters. The van der Waals surface area contributed by atoms with Gasteiger partial charge in [-0.05, 0) is 30.4 Å². The van der Waals surface area contributed by atoms with Crippen LogP contribution in [-0.2, 0) is 24.4 Å². The summed E-state index contributed by atoms with van der Waals surface area (Å²) in [5.74, 6) is 0.562. The minimum atomic E-state index is -0.0393. The van der Waals surface area contributed by atoms with Crippen LogP contribution in [0, 0.1) is 5.92 Å². The van der Waals surface area contributed by atoms with Crippen molar-refractivity contribution in [3.63, 3.8) is 0 Å². The fourth-order valence-corrected chi connectivity index (χ4v) is 4.22. The molecule has 1 aliphatic carbocycles. The predicted octanol–water partition coefficient (Wildman–Crippen LogP) is 2.58. The molecule has 2 heterocycles. The van der Waals surface area contributed by atoms with E-state index in [1.807, 2.05) is 22.9 Å². The van der Waals surface area contributed by atoms with Gasteiger partial charge in [0.15, 0.2) is 0 Å². The van der Waals surface area contributed by atoms with E-state index in [1.54, 1.807) is 0 Å². The van der Waals surface area contributed by atoms with Gasteiger partial charge in [0.1, 0.15) is 0 Å². The van der Waals surface area contributed by atoms with Crippen LogP contribution in [0.1, 0.15) is 48.6 Å². The summed E-state index contributed by atoms with van der Waals surface area (Å²) in [6.45, 7) is 3.22. The molecule has 0 bridgehead atoms. The van der Waals surface area contributed by atoms with Crippen LogP contribution in [0.25, 0.3) is 0 Å². The molecule has 1 saturated carbocycles. The molecule has 5 nitrogen and oxygen atoms in total. The first kappa shape index (κ1) is 16.3. The summed E-state index contributed by atoms with van der Waals surface area (Å²) in [4.78, 5) is 13.0. The minimum absolute atomic E-state index is 0.0393. The van der Waals surface area contributed by atoms with E-state index in [4.69, 9.17) is 0 Å². The molecule has 1 aliphatic heterocycles. The van der Waals surface area contributed by atoms with Crippen LogP contribution >= 0.6 is 0 Å². The highest BCUT2D eigenvalue weighted by Crippen LogP contribution is 2.37. The molecule has 2 aliphatic rings. The van der Waals surface area contributed by atoms with Gasteiger partial charge in [0.05, 0.1) is 30.4 Å². The zero-order valence-corrected chi connectivity index (χ0v) is 14.6. The number of fused-ring (bicyclic) bond motifs is 1. The number of hydrogen-bond donors (Lipinski definition) is 2. The van der Waals surface area contributed by atoms with Gasteiger partial charge in [-0.2, -0.15) is 5.10 Å². The molecule has 2 N–H and O–H groups in total. The van der Waals surface area contributed by atoms with Crippen molar-refractivity contribution in [3.05, 3.63) is 53.3 Å². The Morgan fingerprint density at radius 2 is 2.08 bits per heavy atom. The zero-order chi connectivity index (χ0) is 17.1. The van der Waals surface area contributed by atoms with E-state index in [2.05, 4.69) is 33.9 Å². The van der Waals surface area contributed by atoms with Gasteiger partial charge >= 0.3 is 0 Å². The molecule has 25 heavy (non-hydrogen) atoms. The maximum atomic E-state index is 13.0. The second-order valence-corrected chi connectivity index (χ2v) is 7.18. The summed E-state index contributed by atoms with van der Waals surface area (Å²) < 4.78 is 2.05. The van der Waals surface area contributed by atoms with Gasteiger partial charge < -0.3 is 10.6 Å². The molecular formula is C20H26N4O. The van der Waals surface area contributed by atoms with Gasteiger partial charge in [-0.25, -0.2) is 0 Å². The van der Waals surface area contributed by atoms with E-state index in [0.29, 0.717) is 12.5 Å². The summed E-state index contributed by atoms with van der Waals surface area (Å²) in [6.07, 6.45) is 4.78. The lowest BCUT2D eigenvalue weighted by Crippen LogP contribution is -2.32. The molecule has 4 rings (SSSR count). The number of carbonyl (C=O) groups is 1. The monoisotopic (exact) mass is 338 g/mol. The van der Waals surface area contributed by atoms with Crippen molar-refractivity contribution >= 4 is 5.91 Å². The Labute approximate surface area is 148 Å². The number of hydrogen-bond acceptors (Lipinski definition) is 3. The van der Waals surface area contributed by atoms with Crippen LogP contribution in [0.4, 0.5) is 0 Å². The Morgan fingerprint density at radius 3 is 2.84 bits per heavy atom. The lowest BCUT2D eigenvalue weighted by Gasteiger charge is -2.23. The van der Waals surface area contributed by atoms with Crippen LogP contribution < -0.4 is 10.6 Å². The van der Waals surface area contributed by atoms with E-state index in [1.165, 1.54) is 18.5 Å². The third-order valence-corrected chi connectivity index (χ3v) is 5.48. The van der Waals surface area contributed by atoms with E-state index in [-0.39, 0.29) is 11.8 Å². The minimum Gasteiger partial charge on any atom is -0.350 e. The first-order valence-electron chi connectivity index (χ1n) is 9.40. The van der Waals surface area contributed by atoms with Crippen LogP contribution in [0.15, 0.2) is 36.4 Å². The Balaban J connectivity index is 1.46. The van der Waals surface area contributed by atoms with Gasteiger partial charge in [-0.1, -0.05) is 43.2 Å². The van der Waals surface area contributed by atoms with Crippen LogP contribution in [0.3, 0.4) is 0 Å². The first-order chi connectivity index (χ1) is 12.3. The SMILES string of the molecule is O=C(NCc1cc2n(n1)CCNC2)[C@H](c1ccccc1)C1CCCC1. The Kier molecular flexibility index (Phi) is 4.83. The van der Waals surface area contributed by atoms with E-state index in [9.17, 15) is 4.79 Å². The summed E-state index contributed by atoms with van der Waals surface area (Å²) in [7, 11) is 0. The third-order valence-electron chi connectivity index (χ3n) is 5.48. The van der Waals surface area contributed by atoms with Crippen molar-refractivity contribution < 1.29 is 4.79 Å². The summed E-state index contributed by atoms with van der Waals surface area (Å²) >= 11 is 0. The lowest BCUT2D eigenvalue weighted by molar-refractivity contribution is -0.123. The van der Waals surface area contributed by atoms with Gasteiger partial charge in [-0.15, -0.1) is 0 Å². The third kappa shape index (κ3) is 3.61. The Hall–Kier alpha value is -2.14. The highest BCUT2D eigenvalue weighted by Gasteiger charge is 2.31. The summed E-state index contributed by atoms with van der Waals surface area (Å²) in [5.41, 5.74) is 3.29. The lowest BCUT2D eigenvalue weighted by atomic mass is 9.84. The van der Waals surface area contributed by atoms with Crippen molar-refractivity contribution in [3.8, 4) is 0 Å².